The molecule has 0 radical (unpaired) electrons. The van der Waals surface area contributed by atoms with E-state index in [9.17, 15) is 0 Å². The smallest absolute Gasteiger partial charge is 0.183 e. The van der Waals surface area contributed by atoms with Crippen molar-refractivity contribution in [3.05, 3.63) is 45.1 Å². The van der Waals surface area contributed by atoms with Crippen LogP contribution in [0.2, 0.25) is 9.49 Å². The van der Waals surface area contributed by atoms with Gasteiger partial charge in [0, 0.05) is 11.1 Å². The molecule has 3 aromatic rings. The highest BCUT2D eigenvalue weighted by atomic mass is 35.5. The van der Waals surface area contributed by atoms with Crippen molar-refractivity contribution in [1.29, 1.82) is 0 Å². The Morgan fingerprint density at radius 2 is 2.20 bits per heavy atom. The van der Waals surface area contributed by atoms with Crippen LogP contribution in [0.4, 0.5) is 5.69 Å². The fourth-order valence-electron chi connectivity index (χ4n) is 1.62. The zero-order valence-electron chi connectivity index (χ0n) is 9.99. The summed E-state index contributed by atoms with van der Waals surface area (Å²) in [6.45, 7) is 0.600. The van der Waals surface area contributed by atoms with Crippen LogP contribution in [0.3, 0.4) is 0 Å². The highest BCUT2D eigenvalue weighted by Gasteiger charge is 2.06. The van der Waals surface area contributed by atoms with Crippen LogP contribution in [-0.2, 0) is 6.54 Å². The molecule has 0 saturated heterocycles. The Labute approximate surface area is 128 Å². The van der Waals surface area contributed by atoms with Crippen LogP contribution in [0.1, 0.15) is 4.88 Å². The molecule has 2 heterocycles. The number of rotatable bonds is 4. The van der Waals surface area contributed by atoms with E-state index < -0.39 is 0 Å². The van der Waals surface area contributed by atoms with E-state index in [-0.39, 0.29) is 0 Å². The maximum Gasteiger partial charge on any atom is 0.183 e. The average Bonchev–Trinajstić information content (AvgIpc) is 3.09. The van der Waals surface area contributed by atoms with Crippen molar-refractivity contribution >= 4 is 40.2 Å². The van der Waals surface area contributed by atoms with Gasteiger partial charge in [0.05, 0.1) is 22.9 Å². The molecule has 6 nitrogen and oxygen atoms in total. The average molecular weight is 327 g/mol. The van der Waals surface area contributed by atoms with Gasteiger partial charge in [0.15, 0.2) is 4.47 Å². The minimum Gasteiger partial charge on any atom is -0.379 e. The number of hydrogen-bond acceptors (Lipinski definition) is 6. The summed E-state index contributed by atoms with van der Waals surface area (Å²) in [5.41, 5.74) is 1.62. The lowest BCUT2D eigenvalue weighted by Gasteiger charge is -2.09. The molecule has 0 aliphatic heterocycles. The Hall–Kier alpha value is -1.70. The van der Waals surface area contributed by atoms with Gasteiger partial charge in [0.25, 0.3) is 0 Å². The van der Waals surface area contributed by atoms with Gasteiger partial charge in [0.2, 0.25) is 0 Å². The molecule has 3 rings (SSSR count). The van der Waals surface area contributed by atoms with E-state index in [4.69, 9.17) is 23.2 Å². The monoisotopic (exact) mass is 326 g/mol. The lowest BCUT2D eigenvalue weighted by molar-refractivity contribution is 0.789. The summed E-state index contributed by atoms with van der Waals surface area (Å²) in [4.78, 5) is 5.02. The van der Waals surface area contributed by atoms with Crippen molar-refractivity contribution in [2.45, 2.75) is 6.54 Å². The molecule has 0 bridgehead atoms. The third-order valence-electron chi connectivity index (χ3n) is 2.54. The van der Waals surface area contributed by atoms with Crippen LogP contribution in [0.25, 0.3) is 5.69 Å². The third-order valence-corrected chi connectivity index (χ3v) is 3.99. The fraction of sp³-hybridized carbons (Fsp3) is 0.0909. The summed E-state index contributed by atoms with van der Waals surface area (Å²) >= 11 is 13.4. The second kappa shape index (κ2) is 5.74. The normalized spacial score (nSPS) is 10.7. The maximum absolute atomic E-state index is 6.17. The van der Waals surface area contributed by atoms with Crippen molar-refractivity contribution < 1.29 is 0 Å². The van der Waals surface area contributed by atoms with Crippen LogP contribution in [0, 0.1) is 0 Å². The number of nitrogens with one attached hydrogen (secondary N) is 1. The Morgan fingerprint density at radius 3 is 2.90 bits per heavy atom. The van der Waals surface area contributed by atoms with Crippen molar-refractivity contribution in [2.24, 2.45) is 0 Å². The van der Waals surface area contributed by atoms with E-state index in [0.29, 0.717) is 16.0 Å². The third kappa shape index (κ3) is 2.90. The summed E-state index contributed by atoms with van der Waals surface area (Å²) in [6.07, 6.45) is 3.26. The molecule has 0 saturated carbocycles. The number of anilines is 1. The van der Waals surface area contributed by atoms with Gasteiger partial charge >= 0.3 is 0 Å². The summed E-state index contributed by atoms with van der Waals surface area (Å²) in [5, 5.41) is 14.9. The van der Waals surface area contributed by atoms with Gasteiger partial charge in [0.1, 0.15) is 6.33 Å². The van der Waals surface area contributed by atoms with Gasteiger partial charge in [-0.3, -0.25) is 0 Å². The molecule has 102 valence electrons. The van der Waals surface area contributed by atoms with Gasteiger partial charge in [-0.05, 0) is 28.6 Å². The van der Waals surface area contributed by atoms with Gasteiger partial charge in [-0.2, -0.15) is 0 Å². The van der Waals surface area contributed by atoms with Gasteiger partial charge in [-0.15, -0.1) is 16.4 Å². The Balaban J connectivity index is 1.80. The molecule has 0 aliphatic carbocycles. The molecule has 9 heteroatoms. The van der Waals surface area contributed by atoms with Gasteiger partial charge < -0.3 is 5.32 Å². The number of halogens is 2. The van der Waals surface area contributed by atoms with E-state index in [1.165, 1.54) is 17.7 Å². The summed E-state index contributed by atoms with van der Waals surface area (Å²) in [5.74, 6) is 0. The predicted molar refractivity (Wildman–Crippen MR) is 78.6 cm³/mol. The number of hydrogen-bond donors (Lipinski definition) is 1. The Kier molecular flexibility index (Phi) is 3.81. The molecule has 0 atom stereocenters. The topological polar surface area (TPSA) is 68.5 Å². The van der Waals surface area contributed by atoms with Gasteiger partial charge in [-0.1, -0.05) is 23.2 Å². The summed E-state index contributed by atoms with van der Waals surface area (Å²) in [6, 6.07) is 5.51. The van der Waals surface area contributed by atoms with Gasteiger partial charge in [-0.25, -0.2) is 9.67 Å². The van der Waals surface area contributed by atoms with Crippen molar-refractivity contribution in [3.63, 3.8) is 0 Å². The molecule has 0 amide bonds. The number of thiazole rings is 1. The molecule has 1 aromatic carbocycles. The van der Waals surface area contributed by atoms with Crippen molar-refractivity contribution in [2.75, 3.05) is 5.32 Å². The first-order chi connectivity index (χ1) is 9.72. The molecule has 0 fully saturated rings. The standard InChI is InChI=1S/C11H8Cl2N6S/c12-9-2-1-7(19-6-16-17-18-19)3-10(9)14-4-8-5-15-11(13)20-8/h1-3,5-6,14H,4H2. The summed E-state index contributed by atoms with van der Waals surface area (Å²) < 4.78 is 2.08. The fourth-order valence-corrected chi connectivity index (χ4v) is 2.72. The lowest BCUT2D eigenvalue weighted by atomic mass is 10.2. The van der Waals surface area contributed by atoms with Crippen LogP contribution < -0.4 is 5.32 Å². The minimum absolute atomic E-state index is 0.523. The SMILES string of the molecule is Clc1ncc(CNc2cc(-n3cnnn3)ccc2Cl)s1. The van der Waals surface area contributed by atoms with E-state index in [1.54, 1.807) is 16.9 Å². The van der Waals surface area contributed by atoms with E-state index in [2.05, 4.69) is 25.8 Å². The van der Waals surface area contributed by atoms with Crippen molar-refractivity contribution in [1.82, 2.24) is 25.2 Å². The Bertz CT molecular complexity index is 712. The molecule has 20 heavy (non-hydrogen) atoms. The molecular formula is C11H8Cl2N6S. The summed E-state index contributed by atoms with van der Waals surface area (Å²) in [7, 11) is 0. The number of aromatic nitrogens is 5. The molecule has 1 N–H and O–H groups in total. The number of benzene rings is 1. The maximum atomic E-state index is 6.17. The Morgan fingerprint density at radius 1 is 1.30 bits per heavy atom. The zero-order chi connectivity index (χ0) is 13.9. The highest BCUT2D eigenvalue weighted by Crippen LogP contribution is 2.26. The largest absolute Gasteiger partial charge is 0.379 e. The number of nitrogens with zero attached hydrogens (tertiary/aromatic N) is 5. The lowest BCUT2D eigenvalue weighted by Crippen LogP contribution is -2.01. The van der Waals surface area contributed by atoms with E-state index in [0.717, 1.165) is 16.3 Å². The van der Waals surface area contributed by atoms with Crippen molar-refractivity contribution in [3.8, 4) is 5.69 Å². The molecule has 0 spiro atoms. The predicted octanol–water partition coefficient (Wildman–Crippen LogP) is 3.04. The first-order valence-corrected chi connectivity index (χ1v) is 7.16. The first kappa shape index (κ1) is 13.3. The second-order valence-electron chi connectivity index (χ2n) is 3.85. The molecule has 0 unspecified atom stereocenters. The van der Waals surface area contributed by atoms with E-state index in [1.807, 2.05) is 12.1 Å². The van der Waals surface area contributed by atoms with E-state index >= 15 is 0 Å². The minimum atomic E-state index is 0.523. The van der Waals surface area contributed by atoms with Crippen LogP contribution in [0.5, 0.6) is 0 Å². The van der Waals surface area contributed by atoms with Crippen LogP contribution in [0.15, 0.2) is 30.7 Å². The molecular weight excluding hydrogens is 319 g/mol. The molecule has 0 aliphatic rings. The zero-order valence-corrected chi connectivity index (χ0v) is 12.3. The molecule has 2 aromatic heterocycles. The quantitative estimate of drug-likeness (QED) is 0.798. The number of tetrazole rings is 1. The highest BCUT2D eigenvalue weighted by molar-refractivity contribution is 7.15. The van der Waals surface area contributed by atoms with Crippen LogP contribution >= 0.6 is 34.5 Å². The second-order valence-corrected chi connectivity index (χ2v) is 5.96. The first-order valence-electron chi connectivity index (χ1n) is 5.59. The van der Waals surface area contributed by atoms with Crippen LogP contribution in [-0.4, -0.2) is 25.2 Å².